The van der Waals surface area contributed by atoms with Gasteiger partial charge < -0.3 is 10.5 Å². The highest BCUT2D eigenvalue weighted by atomic mass is 79.9. The summed E-state index contributed by atoms with van der Waals surface area (Å²) in [7, 11) is -2.13. The summed E-state index contributed by atoms with van der Waals surface area (Å²) < 4.78 is 33.0. The molecule has 1 aromatic carbocycles. The predicted octanol–water partition coefficient (Wildman–Crippen LogP) is 2.25. The van der Waals surface area contributed by atoms with E-state index < -0.39 is 10.0 Å². The van der Waals surface area contributed by atoms with Gasteiger partial charge in [0, 0.05) is 23.1 Å². The first-order valence-electron chi connectivity index (χ1n) is 6.50. The van der Waals surface area contributed by atoms with Crippen LogP contribution in [0.3, 0.4) is 0 Å². The molecule has 0 aliphatic carbocycles. The molecule has 1 unspecified atom stereocenters. The summed E-state index contributed by atoms with van der Waals surface area (Å²) in [6.45, 7) is 2.33. The maximum absolute atomic E-state index is 12.4. The molecule has 0 aliphatic heterocycles. The minimum atomic E-state index is -3.62. The van der Waals surface area contributed by atoms with E-state index >= 15 is 0 Å². The molecule has 1 atom stereocenters. The molecule has 0 amide bonds. The third-order valence-electron chi connectivity index (χ3n) is 2.94. The quantitative estimate of drug-likeness (QED) is 0.740. The highest BCUT2D eigenvalue weighted by molar-refractivity contribution is 9.10. The molecule has 0 aromatic heterocycles. The number of methoxy groups -OCH3 is 1. The van der Waals surface area contributed by atoms with E-state index in [1.54, 1.807) is 12.1 Å². The molecule has 0 fully saturated rings. The van der Waals surface area contributed by atoms with Crippen molar-refractivity contribution in [1.82, 2.24) is 4.72 Å². The van der Waals surface area contributed by atoms with E-state index in [0.29, 0.717) is 10.2 Å². The van der Waals surface area contributed by atoms with E-state index in [1.807, 2.05) is 0 Å². The topological polar surface area (TPSA) is 81.4 Å². The first kappa shape index (κ1) is 17.4. The molecule has 20 heavy (non-hydrogen) atoms. The lowest BCUT2D eigenvalue weighted by Crippen LogP contribution is -2.40. The summed E-state index contributed by atoms with van der Waals surface area (Å²) in [5.74, 6) is 0.492. The Hall–Kier alpha value is -0.630. The van der Waals surface area contributed by atoms with Crippen molar-refractivity contribution in [3.63, 3.8) is 0 Å². The van der Waals surface area contributed by atoms with Crippen molar-refractivity contribution in [2.75, 3.05) is 13.7 Å². The standard InChI is InChI=1S/C13H21BrN2O3S/c1-3-4-5-10(9-15)16-20(17,18)13-8-11(19-2)6-7-12(13)14/h6-8,10,16H,3-5,9,15H2,1-2H3. The Kier molecular flexibility index (Phi) is 6.94. The van der Waals surface area contributed by atoms with Gasteiger partial charge in [-0.1, -0.05) is 19.8 Å². The highest BCUT2D eigenvalue weighted by Gasteiger charge is 2.22. The normalized spacial score (nSPS) is 13.2. The molecule has 3 N–H and O–H groups in total. The second-order valence-corrected chi connectivity index (χ2v) is 7.03. The van der Waals surface area contributed by atoms with Gasteiger partial charge in [0.05, 0.1) is 12.0 Å². The van der Waals surface area contributed by atoms with E-state index in [2.05, 4.69) is 27.6 Å². The number of ether oxygens (including phenoxy) is 1. The second-order valence-electron chi connectivity index (χ2n) is 4.49. The average molecular weight is 365 g/mol. The predicted molar refractivity (Wildman–Crippen MR) is 83.4 cm³/mol. The van der Waals surface area contributed by atoms with Gasteiger partial charge in [0.15, 0.2) is 0 Å². The van der Waals surface area contributed by atoms with Crippen LogP contribution in [0.15, 0.2) is 27.6 Å². The molecular formula is C13H21BrN2O3S. The van der Waals surface area contributed by atoms with Gasteiger partial charge in [0.25, 0.3) is 0 Å². The summed E-state index contributed by atoms with van der Waals surface area (Å²) in [5.41, 5.74) is 5.63. The Morgan fingerprint density at radius 3 is 2.70 bits per heavy atom. The Bertz CT molecular complexity index is 534. The molecule has 114 valence electrons. The number of nitrogens with two attached hydrogens (primary N) is 1. The van der Waals surface area contributed by atoms with Crippen LogP contribution in [0.5, 0.6) is 5.75 Å². The van der Waals surface area contributed by atoms with Gasteiger partial charge in [-0.25, -0.2) is 13.1 Å². The monoisotopic (exact) mass is 364 g/mol. The summed E-state index contributed by atoms with van der Waals surface area (Å²) >= 11 is 3.25. The first-order valence-corrected chi connectivity index (χ1v) is 8.78. The van der Waals surface area contributed by atoms with Crippen LogP contribution in [-0.4, -0.2) is 28.1 Å². The lowest BCUT2D eigenvalue weighted by atomic mass is 10.1. The Labute approximate surface area is 129 Å². The minimum Gasteiger partial charge on any atom is -0.497 e. The molecule has 0 spiro atoms. The second kappa shape index (κ2) is 7.97. The van der Waals surface area contributed by atoms with Crippen LogP contribution in [0.4, 0.5) is 0 Å². The van der Waals surface area contributed by atoms with Crippen LogP contribution < -0.4 is 15.2 Å². The molecule has 0 radical (unpaired) electrons. The lowest BCUT2D eigenvalue weighted by Gasteiger charge is -2.17. The smallest absolute Gasteiger partial charge is 0.242 e. The number of halogens is 1. The zero-order chi connectivity index (χ0) is 15.2. The molecule has 5 nitrogen and oxygen atoms in total. The van der Waals surface area contributed by atoms with Gasteiger partial charge in [0.1, 0.15) is 5.75 Å². The fourth-order valence-electron chi connectivity index (χ4n) is 1.77. The van der Waals surface area contributed by atoms with Crippen LogP contribution >= 0.6 is 15.9 Å². The van der Waals surface area contributed by atoms with Crippen molar-refractivity contribution in [1.29, 1.82) is 0 Å². The highest BCUT2D eigenvalue weighted by Crippen LogP contribution is 2.26. The van der Waals surface area contributed by atoms with E-state index in [4.69, 9.17) is 10.5 Å². The first-order chi connectivity index (χ1) is 9.44. The molecular weight excluding hydrogens is 344 g/mol. The fourth-order valence-corrected chi connectivity index (χ4v) is 4.04. The summed E-state index contributed by atoms with van der Waals surface area (Å²) in [5, 5.41) is 0. The van der Waals surface area contributed by atoms with Crippen LogP contribution in [0.25, 0.3) is 0 Å². The van der Waals surface area contributed by atoms with Crippen molar-refractivity contribution < 1.29 is 13.2 Å². The number of rotatable bonds is 8. The van der Waals surface area contributed by atoms with E-state index in [0.717, 1.165) is 19.3 Å². The van der Waals surface area contributed by atoms with Crippen LogP contribution in [0, 0.1) is 0 Å². The number of nitrogens with one attached hydrogen (secondary N) is 1. The van der Waals surface area contributed by atoms with Crippen molar-refractivity contribution in [2.24, 2.45) is 5.73 Å². The number of hydrogen-bond donors (Lipinski definition) is 2. The number of hydrogen-bond acceptors (Lipinski definition) is 4. The van der Waals surface area contributed by atoms with E-state index in [-0.39, 0.29) is 17.5 Å². The maximum Gasteiger partial charge on any atom is 0.242 e. The minimum absolute atomic E-state index is 0.159. The van der Waals surface area contributed by atoms with Gasteiger partial charge >= 0.3 is 0 Å². The van der Waals surface area contributed by atoms with Crippen LogP contribution in [0.2, 0.25) is 0 Å². The molecule has 0 heterocycles. The zero-order valence-corrected chi connectivity index (χ0v) is 14.1. The Balaban J connectivity index is 2.97. The molecule has 0 bridgehead atoms. The Morgan fingerprint density at radius 2 is 2.15 bits per heavy atom. The van der Waals surface area contributed by atoms with Gasteiger partial charge in [-0.05, 0) is 34.5 Å². The van der Waals surface area contributed by atoms with Crippen LogP contribution in [-0.2, 0) is 10.0 Å². The van der Waals surface area contributed by atoms with E-state index in [1.165, 1.54) is 13.2 Å². The third-order valence-corrected chi connectivity index (χ3v) is 5.45. The molecule has 1 rings (SSSR count). The van der Waals surface area contributed by atoms with Gasteiger partial charge in [-0.15, -0.1) is 0 Å². The SMILES string of the molecule is CCCCC(CN)NS(=O)(=O)c1cc(OC)ccc1Br. The summed E-state index contributed by atoms with van der Waals surface area (Å²) in [6, 6.07) is 4.58. The zero-order valence-electron chi connectivity index (χ0n) is 11.7. The van der Waals surface area contributed by atoms with Gasteiger partial charge in [-0.2, -0.15) is 0 Å². The van der Waals surface area contributed by atoms with Crippen molar-refractivity contribution in [3.05, 3.63) is 22.7 Å². The molecule has 0 saturated carbocycles. The summed E-state index contributed by atoms with van der Waals surface area (Å²) in [4.78, 5) is 0.159. The molecule has 0 saturated heterocycles. The largest absolute Gasteiger partial charge is 0.497 e. The number of benzene rings is 1. The third kappa shape index (κ3) is 4.73. The van der Waals surface area contributed by atoms with Crippen molar-refractivity contribution in [3.8, 4) is 5.75 Å². The molecule has 1 aromatic rings. The van der Waals surface area contributed by atoms with Crippen LogP contribution in [0.1, 0.15) is 26.2 Å². The van der Waals surface area contributed by atoms with Gasteiger partial charge in [0.2, 0.25) is 10.0 Å². The fraction of sp³-hybridized carbons (Fsp3) is 0.538. The number of sulfonamides is 1. The average Bonchev–Trinajstić information content (AvgIpc) is 2.43. The molecule has 7 heteroatoms. The lowest BCUT2D eigenvalue weighted by molar-refractivity contribution is 0.413. The number of unbranched alkanes of at least 4 members (excludes halogenated alkanes) is 1. The maximum atomic E-state index is 12.4. The summed E-state index contributed by atoms with van der Waals surface area (Å²) in [6.07, 6.45) is 2.67. The van der Waals surface area contributed by atoms with Crippen molar-refractivity contribution >= 4 is 26.0 Å². The van der Waals surface area contributed by atoms with Gasteiger partial charge in [-0.3, -0.25) is 0 Å². The van der Waals surface area contributed by atoms with E-state index in [9.17, 15) is 8.42 Å². The van der Waals surface area contributed by atoms with Crippen molar-refractivity contribution in [2.45, 2.75) is 37.1 Å². The Morgan fingerprint density at radius 1 is 1.45 bits per heavy atom. The molecule has 0 aliphatic rings.